The molecule has 0 N–H and O–H groups in total. The Labute approximate surface area is 89.7 Å². The molecule has 0 amide bonds. The molecular formula is C7H14O6PS+. The monoisotopic (exact) mass is 257 g/mol. The summed E-state index contributed by atoms with van der Waals surface area (Å²) in [6, 6.07) is 0. The smallest absolute Gasteiger partial charge is 0.402 e. The molecule has 6 nitrogen and oxygen atoms in total. The van der Waals surface area contributed by atoms with Gasteiger partial charge in [-0.05, 0) is 11.5 Å². The van der Waals surface area contributed by atoms with Gasteiger partial charge in [0.05, 0.1) is 12.4 Å². The van der Waals surface area contributed by atoms with Crippen molar-refractivity contribution < 1.29 is 27.0 Å². The zero-order valence-electron chi connectivity index (χ0n) is 8.80. The standard InChI is InChI=1S/C7H14O6PS/c1-4-12-14(9)7(13-6(3)8)15(10,11)5-2/h7H,4-5H2,1-3H3/q+1. The van der Waals surface area contributed by atoms with Gasteiger partial charge in [0.15, 0.2) is 0 Å². The van der Waals surface area contributed by atoms with Crippen molar-refractivity contribution in [1.29, 1.82) is 0 Å². The molecule has 15 heavy (non-hydrogen) atoms. The van der Waals surface area contributed by atoms with E-state index >= 15 is 0 Å². The molecule has 0 heterocycles. The number of carbonyl (C=O) groups is 1. The number of esters is 1. The molecule has 8 heteroatoms. The third-order valence-corrected chi connectivity index (χ3v) is 5.36. The topological polar surface area (TPSA) is 86.7 Å². The highest BCUT2D eigenvalue weighted by atomic mass is 32.2. The molecule has 0 aliphatic heterocycles. The number of ether oxygens (including phenoxy) is 1. The fourth-order valence-corrected chi connectivity index (χ4v) is 3.58. The van der Waals surface area contributed by atoms with Gasteiger partial charge >= 0.3 is 19.2 Å². The Morgan fingerprint density at radius 2 is 1.93 bits per heavy atom. The number of sulfone groups is 1. The minimum absolute atomic E-state index is 0.0895. The van der Waals surface area contributed by atoms with E-state index < -0.39 is 29.0 Å². The third-order valence-electron chi connectivity index (χ3n) is 1.40. The van der Waals surface area contributed by atoms with E-state index in [-0.39, 0.29) is 12.4 Å². The molecule has 0 aromatic heterocycles. The van der Waals surface area contributed by atoms with Gasteiger partial charge < -0.3 is 4.74 Å². The number of hydrogen-bond acceptors (Lipinski definition) is 6. The van der Waals surface area contributed by atoms with Crippen molar-refractivity contribution in [3.8, 4) is 0 Å². The van der Waals surface area contributed by atoms with Crippen LogP contribution in [0.15, 0.2) is 0 Å². The molecule has 0 saturated heterocycles. The fraction of sp³-hybridized carbons (Fsp3) is 0.857. The van der Waals surface area contributed by atoms with E-state index in [2.05, 4.69) is 9.26 Å². The minimum atomic E-state index is -3.73. The van der Waals surface area contributed by atoms with Crippen LogP contribution in [0.25, 0.3) is 0 Å². The van der Waals surface area contributed by atoms with Crippen molar-refractivity contribution in [2.45, 2.75) is 25.9 Å². The zero-order chi connectivity index (χ0) is 12.1. The van der Waals surface area contributed by atoms with Crippen LogP contribution in [0.4, 0.5) is 0 Å². The first-order valence-electron chi connectivity index (χ1n) is 4.33. The second-order valence-corrected chi connectivity index (χ2v) is 6.55. The number of hydrogen-bond donors (Lipinski definition) is 0. The van der Waals surface area contributed by atoms with Crippen molar-refractivity contribution in [2.24, 2.45) is 0 Å². The van der Waals surface area contributed by atoms with Gasteiger partial charge in [0, 0.05) is 6.92 Å². The Morgan fingerprint density at radius 3 is 2.27 bits per heavy atom. The van der Waals surface area contributed by atoms with Crippen LogP contribution in [-0.2, 0) is 28.5 Å². The summed E-state index contributed by atoms with van der Waals surface area (Å²) in [6.07, 6.45) is 0. The summed E-state index contributed by atoms with van der Waals surface area (Å²) >= 11 is 0. The quantitative estimate of drug-likeness (QED) is 0.522. The van der Waals surface area contributed by atoms with Crippen LogP contribution in [0.3, 0.4) is 0 Å². The molecule has 0 aliphatic carbocycles. The summed E-state index contributed by atoms with van der Waals surface area (Å²) in [4.78, 5) is 10.7. The summed E-state index contributed by atoms with van der Waals surface area (Å²) in [7, 11) is -6.28. The van der Waals surface area contributed by atoms with Crippen LogP contribution in [0.2, 0.25) is 0 Å². The highest BCUT2D eigenvalue weighted by Crippen LogP contribution is 2.34. The summed E-state index contributed by atoms with van der Waals surface area (Å²) in [5, 5.41) is -1.70. The lowest BCUT2D eigenvalue weighted by atomic mass is 10.8. The van der Waals surface area contributed by atoms with Crippen LogP contribution in [0.1, 0.15) is 20.8 Å². The van der Waals surface area contributed by atoms with Gasteiger partial charge in [0.2, 0.25) is 9.84 Å². The van der Waals surface area contributed by atoms with Crippen LogP contribution in [-0.4, -0.2) is 31.9 Å². The zero-order valence-corrected chi connectivity index (χ0v) is 10.5. The van der Waals surface area contributed by atoms with Crippen molar-refractivity contribution in [2.75, 3.05) is 12.4 Å². The maximum atomic E-state index is 11.4. The van der Waals surface area contributed by atoms with Gasteiger partial charge in [-0.25, -0.2) is 8.42 Å². The molecule has 0 rings (SSSR count). The first-order valence-corrected chi connectivity index (χ1v) is 7.29. The molecule has 0 spiro atoms. The van der Waals surface area contributed by atoms with Gasteiger partial charge in [-0.1, -0.05) is 6.92 Å². The van der Waals surface area contributed by atoms with Crippen molar-refractivity contribution in [3.63, 3.8) is 0 Å². The average Bonchev–Trinajstić information content (AvgIpc) is 2.14. The van der Waals surface area contributed by atoms with E-state index in [1.54, 1.807) is 6.92 Å². The summed E-state index contributed by atoms with van der Waals surface area (Å²) in [5.74, 6) is -1.07. The van der Waals surface area contributed by atoms with Gasteiger partial charge in [-0.2, -0.15) is 0 Å². The van der Waals surface area contributed by atoms with E-state index in [0.717, 1.165) is 6.92 Å². The number of rotatable bonds is 6. The van der Waals surface area contributed by atoms with Gasteiger partial charge in [0.1, 0.15) is 0 Å². The van der Waals surface area contributed by atoms with Gasteiger partial charge in [-0.3, -0.25) is 4.79 Å². The van der Waals surface area contributed by atoms with E-state index in [9.17, 15) is 17.8 Å². The molecule has 0 bridgehead atoms. The van der Waals surface area contributed by atoms with Gasteiger partial charge in [0.25, 0.3) is 0 Å². The van der Waals surface area contributed by atoms with Crippen LogP contribution < -0.4 is 0 Å². The molecular weight excluding hydrogens is 243 g/mol. The van der Waals surface area contributed by atoms with Crippen molar-refractivity contribution in [1.82, 2.24) is 0 Å². The van der Waals surface area contributed by atoms with E-state index in [1.165, 1.54) is 6.92 Å². The predicted molar refractivity (Wildman–Crippen MR) is 54.2 cm³/mol. The van der Waals surface area contributed by atoms with Crippen LogP contribution in [0.5, 0.6) is 0 Å². The third kappa shape index (κ3) is 4.68. The van der Waals surface area contributed by atoms with Crippen LogP contribution >= 0.6 is 8.03 Å². The molecule has 0 radical (unpaired) electrons. The maximum Gasteiger partial charge on any atom is 0.571 e. The molecule has 2 unspecified atom stereocenters. The maximum absolute atomic E-state index is 11.4. The molecule has 0 aromatic carbocycles. The van der Waals surface area contributed by atoms with E-state index in [0.29, 0.717) is 0 Å². The van der Waals surface area contributed by atoms with E-state index in [4.69, 9.17) is 0 Å². The fourth-order valence-electron chi connectivity index (χ4n) is 0.720. The van der Waals surface area contributed by atoms with E-state index in [1.807, 2.05) is 0 Å². The molecule has 88 valence electrons. The highest BCUT2D eigenvalue weighted by molar-refractivity contribution is 7.96. The SMILES string of the molecule is CCO[P+](=O)C(OC(C)=O)S(=O)(=O)CC. The van der Waals surface area contributed by atoms with Crippen LogP contribution in [0, 0.1) is 0 Å². The largest absolute Gasteiger partial charge is 0.571 e. The normalized spacial score (nSPS) is 14.5. The average molecular weight is 257 g/mol. The molecule has 0 aromatic rings. The van der Waals surface area contributed by atoms with Crippen molar-refractivity contribution >= 4 is 23.8 Å². The Morgan fingerprint density at radius 1 is 1.40 bits per heavy atom. The second kappa shape index (κ2) is 6.15. The summed E-state index contributed by atoms with van der Waals surface area (Å²) < 4.78 is 43.3. The Hall–Kier alpha value is -0.520. The lowest BCUT2D eigenvalue weighted by molar-refractivity contribution is -0.140. The predicted octanol–water partition coefficient (Wildman–Crippen LogP) is 1.05. The molecule has 2 atom stereocenters. The lowest BCUT2D eigenvalue weighted by Crippen LogP contribution is -2.25. The molecule has 0 fully saturated rings. The van der Waals surface area contributed by atoms with Gasteiger partial charge in [-0.15, -0.1) is 4.52 Å². The first kappa shape index (κ1) is 14.5. The number of carbonyl (C=O) groups excluding carboxylic acids is 1. The molecule has 0 saturated carbocycles. The summed E-state index contributed by atoms with van der Waals surface area (Å²) in [6.45, 7) is 4.08. The Balaban J connectivity index is 4.89. The highest BCUT2D eigenvalue weighted by Gasteiger charge is 2.46. The Bertz CT molecular complexity index is 335. The first-order chi connectivity index (χ1) is 6.85. The second-order valence-electron chi connectivity index (χ2n) is 2.57. The van der Waals surface area contributed by atoms with Crippen molar-refractivity contribution in [3.05, 3.63) is 0 Å². The molecule has 0 aliphatic rings. The summed E-state index contributed by atoms with van der Waals surface area (Å²) in [5.41, 5.74) is 0. The Kier molecular flexibility index (Phi) is 5.93. The lowest BCUT2D eigenvalue weighted by Gasteiger charge is -2.05. The minimum Gasteiger partial charge on any atom is -0.402 e.